The maximum absolute atomic E-state index is 10.1. The van der Waals surface area contributed by atoms with Gasteiger partial charge in [0.2, 0.25) is 6.41 Å². The zero-order chi connectivity index (χ0) is 9.19. The highest BCUT2D eigenvalue weighted by Gasteiger charge is 2.26. The minimum atomic E-state index is -0.197. The molecule has 0 radical (unpaired) electrons. The molecule has 0 saturated heterocycles. The Labute approximate surface area is 71.9 Å². The molecule has 1 aliphatic heterocycles. The van der Waals surface area contributed by atoms with Crippen LogP contribution in [0.1, 0.15) is 20.8 Å². The Morgan fingerprint density at radius 2 is 2.33 bits per heavy atom. The topological polar surface area (TPSA) is 50.4 Å². The molecule has 4 nitrogen and oxygen atoms in total. The van der Waals surface area contributed by atoms with E-state index in [9.17, 15) is 4.79 Å². The molecule has 0 aromatic heterocycles. The van der Waals surface area contributed by atoms with E-state index in [0.29, 0.717) is 6.41 Å². The number of hydrogen-bond donors (Lipinski definition) is 2. The van der Waals surface area contributed by atoms with Crippen LogP contribution in [0.15, 0.2) is 11.8 Å². The van der Waals surface area contributed by atoms with Crippen LogP contribution in [0, 0.1) is 5.41 Å². The highest BCUT2D eigenvalue weighted by Crippen LogP contribution is 2.27. The fourth-order valence-electron chi connectivity index (χ4n) is 0.905. The van der Waals surface area contributed by atoms with E-state index >= 15 is 0 Å². The van der Waals surface area contributed by atoms with Crippen molar-refractivity contribution in [2.24, 2.45) is 5.41 Å². The Bertz CT molecular complexity index is 206. The van der Waals surface area contributed by atoms with Crippen LogP contribution < -0.4 is 10.8 Å². The summed E-state index contributed by atoms with van der Waals surface area (Å²) in [7, 11) is 0. The lowest BCUT2D eigenvalue weighted by Gasteiger charge is -2.17. The summed E-state index contributed by atoms with van der Waals surface area (Å²) in [6.07, 6.45) is 2.30. The van der Waals surface area contributed by atoms with Gasteiger partial charge in [-0.15, -0.1) is 5.48 Å². The first kappa shape index (κ1) is 9.06. The van der Waals surface area contributed by atoms with Gasteiger partial charge in [0.1, 0.15) is 11.9 Å². The van der Waals surface area contributed by atoms with Crippen molar-refractivity contribution in [3.8, 4) is 0 Å². The minimum Gasteiger partial charge on any atom is -0.410 e. The van der Waals surface area contributed by atoms with Crippen molar-refractivity contribution in [2.75, 3.05) is 0 Å². The van der Waals surface area contributed by atoms with Gasteiger partial charge in [0.25, 0.3) is 0 Å². The van der Waals surface area contributed by atoms with Gasteiger partial charge in [-0.2, -0.15) is 0 Å². The standard InChI is InChI=1S/C8H14N2O2/c1-8(2,3)6-4-7(9-5-11)10-12-6/h4-5,7,10H,1-3H3,(H,9,11). The van der Waals surface area contributed by atoms with E-state index in [-0.39, 0.29) is 11.6 Å². The van der Waals surface area contributed by atoms with Gasteiger partial charge in [0, 0.05) is 5.41 Å². The molecule has 1 aliphatic rings. The van der Waals surface area contributed by atoms with E-state index < -0.39 is 0 Å². The van der Waals surface area contributed by atoms with Crippen LogP contribution in [0.2, 0.25) is 0 Å². The molecule has 0 fully saturated rings. The van der Waals surface area contributed by atoms with Gasteiger partial charge in [-0.25, -0.2) is 0 Å². The lowest BCUT2D eigenvalue weighted by molar-refractivity contribution is -0.110. The lowest BCUT2D eigenvalue weighted by Crippen LogP contribution is -2.35. The molecular formula is C8H14N2O2. The van der Waals surface area contributed by atoms with E-state index in [0.717, 1.165) is 5.76 Å². The third kappa shape index (κ3) is 1.98. The summed E-state index contributed by atoms with van der Waals surface area (Å²) in [5.74, 6) is 0.849. The van der Waals surface area contributed by atoms with E-state index in [1.165, 1.54) is 0 Å². The number of hydroxylamine groups is 1. The summed E-state index contributed by atoms with van der Waals surface area (Å²) >= 11 is 0. The molecule has 4 heteroatoms. The van der Waals surface area contributed by atoms with Crippen LogP contribution in [0.3, 0.4) is 0 Å². The van der Waals surface area contributed by atoms with Gasteiger partial charge in [-0.3, -0.25) is 4.79 Å². The van der Waals surface area contributed by atoms with Crippen LogP contribution in [0.5, 0.6) is 0 Å². The molecule has 12 heavy (non-hydrogen) atoms. The van der Waals surface area contributed by atoms with Crippen molar-refractivity contribution in [3.05, 3.63) is 11.8 Å². The van der Waals surface area contributed by atoms with Crippen molar-refractivity contribution in [1.29, 1.82) is 0 Å². The Hall–Kier alpha value is -1.03. The quantitative estimate of drug-likeness (QED) is 0.594. The first-order valence-corrected chi connectivity index (χ1v) is 3.88. The first-order chi connectivity index (χ1) is 5.54. The first-order valence-electron chi connectivity index (χ1n) is 3.88. The largest absolute Gasteiger partial charge is 0.410 e. The molecule has 2 N–H and O–H groups in total. The normalized spacial score (nSPS) is 22.9. The number of hydrogen-bond acceptors (Lipinski definition) is 3. The smallest absolute Gasteiger partial charge is 0.208 e. The predicted molar refractivity (Wildman–Crippen MR) is 44.7 cm³/mol. The summed E-state index contributed by atoms with van der Waals surface area (Å²) in [5, 5.41) is 2.55. The zero-order valence-corrected chi connectivity index (χ0v) is 7.55. The molecule has 0 aliphatic carbocycles. The molecule has 1 atom stereocenters. The molecule has 1 unspecified atom stereocenters. The van der Waals surface area contributed by atoms with Gasteiger partial charge in [-0.05, 0) is 6.08 Å². The van der Waals surface area contributed by atoms with Crippen molar-refractivity contribution < 1.29 is 9.63 Å². The van der Waals surface area contributed by atoms with Gasteiger partial charge < -0.3 is 10.2 Å². The molecule has 0 spiro atoms. The monoisotopic (exact) mass is 170 g/mol. The number of allylic oxidation sites excluding steroid dienone is 1. The SMILES string of the molecule is CC(C)(C)C1=CC(NC=O)NO1. The van der Waals surface area contributed by atoms with Gasteiger partial charge in [-0.1, -0.05) is 20.8 Å². The van der Waals surface area contributed by atoms with Crippen molar-refractivity contribution in [1.82, 2.24) is 10.8 Å². The zero-order valence-electron chi connectivity index (χ0n) is 7.55. The van der Waals surface area contributed by atoms with Crippen LogP contribution in [0.4, 0.5) is 0 Å². The Morgan fingerprint density at radius 3 is 2.75 bits per heavy atom. The maximum atomic E-state index is 10.1. The van der Waals surface area contributed by atoms with Crippen LogP contribution in [-0.4, -0.2) is 12.6 Å². The molecule has 68 valence electrons. The van der Waals surface area contributed by atoms with Gasteiger partial charge >= 0.3 is 0 Å². The molecule has 1 amide bonds. The van der Waals surface area contributed by atoms with Crippen LogP contribution >= 0.6 is 0 Å². The maximum Gasteiger partial charge on any atom is 0.208 e. The number of nitrogens with one attached hydrogen (secondary N) is 2. The fraction of sp³-hybridized carbons (Fsp3) is 0.625. The molecule has 0 aromatic rings. The molecular weight excluding hydrogens is 156 g/mol. The van der Waals surface area contributed by atoms with E-state index in [4.69, 9.17) is 4.84 Å². The molecule has 0 aromatic carbocycles. The van der Waals surface area contributed by atoms with Crippen molar-refractivity contribution >= 4 is 6.41 Å². The fourth-order valence-corrected chi connectivity index (χ4v) is 0.905. The molecule has 1 rings (SSSR count). The molecule has 1 heterocycles. The average molecular weight is 170 g/mol. The second-order valence-electron chi connectivity index (χ2n) is 3.76. The third-order valence-electron chi connectivity index (χ3n) is 1.60. The highest BCUT2D eigenvalue weighted by molar-refractivity contribution is 5.47. The van der Waals surface area contributed by atoms with Crippen molar-refractivity contribution in [2.45, 2.75) is 26.9 Å². The Balaban J connectivity index is 2.59. The third-order valence-corrected chi connectivity index (χ3v) is 1.60. The Morgan fingerprint density at radius 1 is 1.67 bits per heavy atom. The minimum absolute atomic E-state index is 0.0215. The number of amides is 1. The van der Waals surface area contributed by atoms with Crippen molar-refractivity contribution in [3.63, 3.8) is 0 Å². The number of carbonyl (C=O) groups excluding carboxylic acids is 1. The number of rotatable bonds is 2. The predicted octanol–water partition coefficient (Wildman–Crippen LogP) is 0.523. The summed E-state index contributed by atoms with van der Waals surface area (Å²) in [6, 6.07) is 0. The van der Waals surface area contributed by atoms with Crippen LogP contribution in [0.25, 0.3) is 0 Å². The second kappa shape index (κ2) is 3.15. The summed E-state index contributed by atoms with van der Waals surface area (Å²) in [5.41, 5.74) is 2.66. The van der Waals surface area contributed by atoms with Gasteiger partial charge in [0.05, 0.1) is 0 Å². The summed E-state index contributed by atoms with van der Waals surface area (Å²) in [6.45, 7) is 6.14. The van der Waals surface area contributed by atoms with E-state index in [1.807, 2.05) is 26.8 Å². The average Bonchev–Trinajstić information content (AvgIpc) is 2.35. The molecule has 0 saturated carbocycles. The van der Waals surface area contributed by atoms with E-state index in [1.54, 1.807) is 0 Å². The highest BCUT2D eigenvalue weighted by atomic mass is 16.7. The second-order valence-corrected chi connectivity index (χ2v) is 3.76. The summed E-state index contributed by atoms with van der Waals surface area (Å²) in [4.78, 5) is 15.3. The summed E-state index contributed by atoms with van der Waals surface area (Å²) < 4.78 is 0. The number of carbonyl (C=O) groups is 1. The van der Waals surface area contributed by atoms with E-state index in [2.05, 4.69) is 10.8 Å². The lowest BCUT2D eigenvalue weighted by atomic mass is 9.94. The van der Waals surface area contributed by atoms with Gasteiger partial charge in [0.15, 0.2) is 0 Å². The molecule has 0 bridgehead atoms. The van der Waals surface area contributed by atoms with Crippen LogP contribution in [-0.2, 0) is 9.63 Å². The Kier molecular flexibility index (Phi) is 2.38.